The standard InChI is InChI=1S/C32H35N.H3N.H3P/c1-5-27-23(4)31(30(24-17-11-8-12-18-24)29(7-3)28(27)6-2)32(33,25-19-13-9-14-20-25)26-21-15-10-16-22-26;;/h8-22H,5-7,33H2,1-4H3;2*1H3. The molecule has 35 heavy (non-hydrogen) atoms. The molecule has 0 saturated heterocycles. The molecule has 0 spiro atoms. The molecule has 0 aliphatic carbocycles. The Kier molecular flexibility index (Phi) is 9.98. The first-order chi connectivity index (χ1) is 16.1. The van der Waals surface area contributed by atoms with Crippen LogP contribution in [0.4, 0.5) is 0 Å². The number of rotatable bonds is 7. The first-order valence-electron chi connectivity index (χ1n) is 12.2. The summed E-state index contributed by atoms with van der Waals surface area (Å²) in [6, 6.07) is 32.0. The van der Waals surface area contributed by atoms with Crippen molar-refractivity contribution >= 4 is 9.90 Å². The Morgan fingerprint density at radius 1 is 0.600 bits per heavy atom. The fourth-order valence-electron chi connectivity index (χ4n) is 5.62. The van der Waals surface area contributed by atoms with Gasteiger partial charge in [-0.1, -0.05) is 112 Å². The second-order valence-corrected chi connectivity index (χ2v) is 8.78. The molecular formula is C32H41N2P. The van der Waals surface area contributed by atoms with Crippen molar-refractivity contribution in [1.29, 1.82) is 0 Å². The lowest BCUT2D eigenvalue weighted by molar-refractivity contribution is 0.646. The van der Waals surface area contributed by atoms with Crippen molar-refractivity contribution in [3.8, 4) is 11.1 Å². The minimum absolute atomic E-state index is 0. The molecule has 0 saturated carbocycles. The average molecular weight is 485 g/mol. The van der Waals surface area contributed by atoms with Crippen molar-refractivity contribution in [1.82, 2.24) is 6.15 Å². The summed E-state index contributed by atoms with van der Waals surface area (Å²) in [6.45, 7) is 9.12. The SMILES string of the molecule is CCc1c(C)c(C(N)(c2ccccc2)c2ccccc2)c(-c2ccccc2)c(CC)c1CC.N.P. The van der Waals surface area contributed by atoms with Gasteiger partial charge in [0.05, 0.1) is 5.54 Å². The summed E-state index contributed by atoms with van der Waals surface area (Å²) in [5.41, 5.74) is 18.6. The van der Waals surface area contributed by atoms with Gasteiger partial charge < -0.3 is 11.9 Å². The number of hydrogen-bond acceptors (Lipinski definition) is 2. The highest BCUT2D eigenvalue weighted by molar-refractivity contribution is 6.92. The molecule has 0 radical (unpaired) electrons. The highest BCUT2D eigenvalue weighted by Gasteiger charge is 2.37. The molecular weight excluding hydrogens is 443 g/mol. The summed E-state index contributed by atoms with van der Waals surface area (Å²) < 4.78 is 0. The molecule has 0 aliphatic heterocycles. The fourth-order valence-corrected chi connectivity index (χ4v) is 5.62. The van der Waals surface area contributed by atoms with Gasteiger partial charge in [0.15, 0.2) is 0 Å². The largest absolute Gasteiger partial charge is 0.344 e. The smallest absolute Gasteiger partial charge is 0.0931 e. The van der Waals surface area contributed by atoms with Gasteiger partial charge in [-0.25, -0.2) is 0 Å². The molecule has 0 aliphatic rings. The van der Waals surface area contributed by atoms with E-state index in [-0.39, 0.29) is 16.0 Å². The Balaban J connectivity index is 0.00000216. The van der Waals surface area contributed by atoms with Crippen LogP contribution in [-0.2, 0) is 24.8 Å². The van der Waals surface area contributed by atoms with Gasteiger partial charge in [0.1, 0.15) is 0 Å². The maximum absolute atomic E-state index is 7.64. The maximum Gasteiger partial charge on any atom is 0.0931 e. The molecule has 0 heterocycles. The van der Waals surface area contributed by atoms with E-state index in [0.717, 1.165) is 30.4 Å². The summed E-state index contributed by atoms with van der Waals surface area (Å²) in [4.78, 5) is 0. The van der Waals surface area contributed by atoms with E-state index in [1.54, 1.807) is 0 Å². The lowest BCUT2D eigenvalue weighted by atomic mass is 9.69. The van der Waals surface area contributed by atoms with Crippen molar-refractivity contribution < 1.29 is 0 Å². The van der Waals surface area contributed by atoms with E-state index in [2.05, 4.69) is 119 Å². The van der Waals surface area contributed by atoms with Crippen LogP contribution >= 0.6 is 9.90 Å². The second-order valence-electron chi connectivity index (χ2n) is 8.78. The first kappa shape index (κ1) is 28.5. The molecule has 0 amide bonds. The molecule has 0 fully saturated rings. The Morgan fingerprint density at radius 3 is 1.40 bits per heavy atom. The normalized spacial score (nSPS) is 10.9. The predicted molar refractivity (Wildman–Crippen MR) is 158 cm³/mol. The molecule has 184 valence electrons. The van der Waals surface area contributed by atoms with Crippen LogP contribution in [0.3, 0.4) is 0 Å². The van der Waals surface area contributed by atoms with Crippen molar-refractivity contribution in [2.75, 3.05) is 0 Å². The van der Waals surface area contributed by atoms with E-state index in [4.69, 9.17) is 5.73 Å². The van der Waals surface area contributed by atoms with Crippen molar-refractivity contribution in [2.45, 2.75) is 52.5 Å². The van der Waals surface area contributed by atoms with E-state index < -0.39 is 5.54 Å². The van der Waals surface area contributed by atoms with Crippen LogP contribution in [-0.4, -0.2) is 0 Å². The van der Waals surface area contributed by atoms with Crippen LogP contribution in [0.2, 0.25) is 0 Å². The summed E-state index contributed by atoms with van der Waals surface area (Å²) in [5.74, 6) is 0. The summed E-state index contributed by atoms with van der Waals surface area (Å²) in [5, 5.41) is 0. The zero-order valence-corrected chi connectivity index (χ0v) is 23.2. The van der Waals surface area contributed by atoms with Gasteiger partial charge in [0.25, 0.3) is 0 Å². The second kappa shape index (κ2) is 12.3. The lowest BCUT2D eigenvalue weighted by Crippen LogP contribution is -2.41. The Bertz CT molecular complexity index is 1180. The summed E-state index contributed by atoms with van der Waals surface area (Å²) >= 11 is 0. The monoisotopic (exact) mass is 484 g/mol. The molecule has 4 aromatic rings. The van der Waals surface area contributed by atoms with E-state index in [0.29, 0.717) is 0 Å². The third kappa shape index (κ3) is 4.98. The third-order valence-electron chi connectivity index (χ3n) is 7.08. The lowest BCUT2D eigenvalue weighted by Gasteiger charge is -2.37. The molecule has 0 bridgehead atoms. The van der Waals surface area contributed by atoms with Crippen LogP contribution in [0, 0.1) is 6.92 Å². The quantitative estimate of drug-likeness (QED) is 0.207. The van der Waals surface area contributed by atoms with Gasteiger partial charge in [0, 0.05) is 0 Å². The van der Waals surface area contributed by atoms with E-state index in [9.17, 15) is 0 Å². The van der Waals surface area contributed by atoms with Crippen LogP contribution in [0.5, 0.6) is 0 Å². The van der Waals surface area contributed by atoms with Crippen LogP contribution in [0.1, 0.15) is 59.7 Å². The van der Waals surface area contributed by atoms with Gasteiger partial charge >= 0.3 is 0 Å². The van der Waals surface area contributed by atoms with E-state index in [1.165, 1.54) is 38.9 Å². The summed E-state index contributed by atoms with van der Waals surface area (Å²) in [6.07, 6.45) is 3.01. The number of benzene rings is 4. The molecule has 3 heteroatoms. The number of hydrogen-bond donors (Lipinski definition) is 2. The van der Waals surface area contributed by atoms with Crippen LogP contribution in [0.25, 0.3) is 11.1 Å². The fraction of sp³-hybridized carbons (Fsp3) is 0.250. The van der Waals surface area contributed by atoms with Crippen molar-refractivity contribution in [3.05, 3.63) is 130 Å². The van der Waals surface area contributed by atoms with Gasteiger partial charge in [-0.2, -0.15) is 9.90 Å². The molecule has 1 unspecified atom stereocenters. The van der Waals surface area contributed by atoms with Crippen molar-refractivity contribution in [3.63, 3.8) is 0 Å². The number of nitrogens with two attached hydrogens (primary N) is 1. The summed E-state index contributed by atoms with van der Waals surface area (Å²) in [7, 11) is 0. The zero-order chi connectivity index (χ0) is 23.4. The Morgan fingerprint density at radius 2 is 1.00 bits per heavy atom. The Labute approximate surface area is 215 Å². The predicted octanol–water partition coefficient (Wildman–Crippen LogP) is 7.82. The third-order valence-corrected chi connectivity index (χ3v) is 7.08. The minimum atomic E-state index is -0.766. The molecule has 1 atom stereocenters. The zero-order valence-electron chi connectivity index (χ0n) is 21.8. The van der Waals surface area contributed by atoms with Gasteiger partial charge in [0.2, 0.25) is 0 Å². The topological polar surface area (TPSA) is 61.0 Å². The molecule has 4 aromatic carbocycles. The molecule has 2 nitrogen and oxygen atoms in total. The van der Waals surface area contributed by atoms with Gasteiger partial charge in [-0.15, -0.1) is 0 Å². The molecule has 5 N–H and O–H groups in total. The van der Waals surface area contributed by atoms with Gasteiger partial charge in [-0.3, -0.25) is 0 Å². The average Bonchev–Trinajstić information content (AvgIpc) is 2.88. The minimum Gasteiger partial charge on any atom is -0.344 e. The first-order valence-corrected chi connectivity index (χ1v) is 12.2. The van der Waals surface area contributed by atoms with Crippen molar-refractivity contribution in [2.24, 2.45) is 5.73 Å². The van der Waals surface area contributed by atoms with E-state index in [1.807, 2.05) is 0 Å². The van der Waals surface area contributed by atoms with E-state index >= 15 is 0 Å². The molecule has 4 rings (SSSR count). The highest BCUT2D eigenvalue weighted by atomic mass is 31.0. The van der Waals surface area contributed by atoms with Crippen LogP contribution in [0.15, 0.2) is 91.0 Å². The highest BCUT2D eigenvalue weighted by Crippen LogP contribution is 2.46. The maximum atomic E-state index is 7.64. The Hall–Kier alpha value is -2.77. The van der Waals surface area contributed by atoms with Gasteiger partial charge in [-0.05, 0) is 76.3 Å². The molecule has 0 aromatic heterocycles. The van der Waals surface area contributed by atoms with Crippen LogP contribution < -0.4 is 11.9 Å².